The molecule has 2 aliphatic rings. The van der Waals surface area contributed by atoms with Crippen LogP contribution in [0.1, 0.15) is 53.5 Å². The first kappa shape index (κ1) is 24.2. The van der Waals surface area contributed by atoms with Crippen LogP contribution in [0.25, 0.3) is 0 Å². The molecule has 1 aromatic carbocycles. The summed E-state index contributed by atoms with van der Waals surface area (Å²) in [4.78, 5) is 40.9. The van der Waals surface area contributed by atoms with Crippen LogP contribution in [-0.4, -0.2) is 58.9 Å². The number of hydrogen-bond donors (Lipinski definition) is 1. The zero-order valence-corrected chi connectivity index (χ0v) is 19.9. The van der Waals surface area contributed by atoms with Gasteiger partial charge in [0.2, 0.25) is 0 Å². The number of amides is 2. The smallest absolute Gasteiger partial charge is 0.352 e. The summed E-state index contributed by atoms with van der Waals surface area (Å²) in [5.74, 6) is -2.15. The Morgan fingerprint density at radius 3 is 2.41 bits per heavy atom. The van der Waals surface area contributed by atoms with E-state index < -0.39 is 46.9 Å². The number of likely N-dealkylation sites (N-methyl/N-ethyl adjacent to an activating group) is 1. The summed E-state index contributed by atoms with van der Waals surface area (Å²) in [7, 11) is 1.59. The van der Waals surface area contributed by atoms with Crippen molar-refractivity contribution in [1.82, 2.24) is 10.2 Å². The molecule has 8 heteroatoms. The molecule has 8 nitrogen and oxygen atoms in total. The van der Waals surface area contributed by atoms with Gasteiger partial charge in [-0.15, -0.1) is 0 Å². The van der Waals surface area contributed by atoms with Gasteiger partial charge in [0, 0.05) is 20.0 Å². The fourth-order valence-electron chi connectivity index (χ4n) is 4.19. The highest BCUT2D eigenvalue weighted by Crippen LogP contribution is 2.50. The van der Waals surface area contributed by atoms with Gasteiger partial charge in [0.1, 0.15) is 11.8 Å². The molecule has 1 aromatic rings. The van der Waals surface area contributed by atoms with Gasteiger partial charge in [-0.05, 0) is 39.2 Å². The van der Waals surface area contributed by atoms with Crippen LogP contribution in [0.2, 0.25) is 0 Å². The van der Waals surface area contributed by atoms with Crippen LogP contribution in [0.5, 0.6) is 0 Å². The molecule has 1 N–H and O–H groups in total. The topological polar surface area (TPSA) is 94.2 Å². The predicted octanol–water partition coefficient (Wildman–Crippen LogP) is 2.40. The summed E-state index contributed by atoms with van der Waals surface area (Å²) in [6, 6.07) is 9.44. The Balaban J connectivity index is 1.80. The van der Waals surface area contributed by atoms with Crippen molar-refractivity contribution >= 4 is 17.8 Å². The molecule has 32 heavy (non-hydrogen) atoms. The number of esters is 1. The first-order valence-corrected chi connectivity index (χ1v) is 11.0. The maximum atomic E-state index is 13.5. The highest BCUT2D eigenvalue weighted by molar-refractivity contribution is 6.10. The summed E-state index contributed by atoms with van der Waals surface area (Å²) in [6.07, 6.45) is -1.57. The van der Waals surface area contributed by atoms with Gasteiger partial charge >= 0.3 is 5.97 Å². The van der Waals surface area contributed by atoms with Crippen molar-refractivity contribution in [3.05, 3.63) is 35.9 Å². The lowest BCUT2D eigenvalue weighted by Gasteiger charge is -2.38. The van der Waals surface area contributed by atoms with Gasteiger partial charge in [0.25, 0.3) is 17.4 Å². The van der Waals surface area contributed by atoms with Crippen LogP contribution >= 0.6 is 0 Å². The van der Waals surface area contributed by atoms with Gasteiger partial charge in [-0.1, -0.05) is 44.2 Å². The summed E-state index contributed by atoms with van der Waals surface area (Å²) in [5.41, 5.74) is -2.58. The van der Waals surface area contributed by atoms with Crippen molar-refractivity contribution in [2.75, 3.05) is 7.05 Å². The Hall–Kier alpha value is -2.45. The minimum atomic E-state index is -1.93. The summed E-state index contributed by atoms with van der Waals surface area (Å²) in [6.45, 7) is 11.2. The second-order valence-electron chi connectivity index (χ2n) is 10.1. The zero-order chi connectivity index (χ0) is 23.9. The number of piperidine rings is 1. The first-order valence-electron chi connectivity index (χ1n) is 11.0. The Morgan fingerprint density at radius 2 is 1.88 bits per heavy atom. The highest BCUT2D eigenvalue weighted by Gasteiger charge is 2.74. The number of fused-ring (bicyclic) bond motifs is 2. The van der Waals surface area contributed by atoms with Crippen molar-refractivity contribution in [2.24, 2.45) is 5.92 Å². The number of carbonyl (C=O) groups is 3. The van der Waals surface area contributed by atoms with Crippen LogP contribution in [0.15, 0.2) is 30.3 Å². The molecule has 176 valence electrons. The molecule has 3 rings (SSSR count). The number of likely N-dealkylation sites (tertiary alicyclic amines) is 1. The van der Waals surface area contributed by atoms with E-state index in [2.05, 4.69) is 5.32 Å². The average molecular weight is 447 g/mol. The lowest BCUT2D eigenvalue weighted by atomic mass is 9.88. The molecule has 2 heterocycles. The van der Waals surface area contributed by atoms with Crippen LogP contribution in [0.3, 0.4) is 0 Å². The van der Waals surface area contributed by atoms with Gasteiger partial charge < -0.3 is 24.4 Å². The fraction of sp³-hybridized carbons (Fsp3) is 0.625. The molecule has 4 atom stereocenters. The molecule has 0 radical (unpaired) electrons. The number of rotatable bonds is 7. The molecule has 2 fully saturated rings. The van der Waals surface area contributed by atoms with Crippen LogP contribution in [-0.2, 0) is 35.1 Å². The molecular weight excluding hydrogens is 412 g/mol. The molecule has 2 amide bonds. The van der Waals surface area contributed by atoms with E-state index in [-0.39, 0.29) is 5.92 Å². The normalized spacial score (nSPS) is 28.2. The first-order chi connectivity index (χ1) is 14.8. The van der Waals surface area contributed by atoms with Crippen molar-refractivity contribution in [3.8, 4) is 0 Å². The second kappa shape index (κ2) is 8.48. The van der Waals surface area contributed by atoms with E-state index in [9.17, 15) is 14.4 Å². The van der Waals surface area contributed by atoms with Gasteiger partial charge in [0.05, 0.1) is 5.60 Å². The van der Waals surface area contributed by atoms with Gasteiger partial charge in [-0.25, -0.2) is 4.79 Å². The third-order valence-corrected chi connectivity index (χ3v) is 5.94. The molecule has 2 saturated heterocycles. The number of benzene rings is 1. The Bertz CT molecular complexity index is 880. The molecular formula is C24H34N2O6. The monoisotopic (exact) mass is 446 g/mol. The van der Waals surface area contributed by atoms with E-state index >= 15 is 0 Å². The van der Waals surface area contributed by atoms with E-state index in [0.717, 1.165) is 5.56 Å². The van der Waals surface area contributed by atoms with Crippen LogP contribution in [0, 0.1) is 5.92 Å². The number of nitrogens with zero attached hydrogens (tertiary/aromatic N) is 1. The molecule has 0 spiro atoms. The second-order valence-corrected chi connectivity index (χ2v) is 10.1. The fourth-order valence-corrected chi connectivity index (χ4v) is 4.19. The van der Waals surface area contributed by atoms with Crippen molar-refractivity contribution in [1.29, 1.82) is 0 Å². The summed E-state index contributed by atoms with van der Waals surface area (Å²) < 4.78 is 17.8. The van der Waals surface area contributed by atoms with E-state index in [1.807, 2.05) is 51.1 Å². The minimum absolute atomic E-state index is 0.303. The van der Waals surface area contributed by atoms with Gasteiger partial charge in [0.15, 0.2) is 6.10 Å². The lowest BCUT2D eigenvalue weighted by molar-refractivity contribution is -0.195. The van der Waals surface area contributed by atoms with Crippen LogP contribution < -0.4 is 5.32 Å². The summed E-state index contributed by atoms with van der Waals surface area (Å²) >= 11 is 0. The Morgan fingerprint density at radius 1 is 1.25 bits per heavy atom. The maximum absolute atomic E-state index is 13.5. The Labute approximate surface area is 189 Å². The van der Waals surface area contributed by atoms with Crippen LogP contribution in [0.4, 0.5) is 0 Å². The SMILES string of the molecule is CC(C)[C@H](OC(=O)[C@]12O[C@](C)(C[C@H]1OC(C)(C)C)N(C)C2=O)C(=O)NCc1ccccc1. The van der Waals surface area contributed by atoms with Gasteiger partial charge in [-0.3, -0.25) is 9.59 Å². The highest BCUT2D eigenvalue weighted by atomic mass is 16.6. The van der Waals surface area contributed by atoms with E-state index in [4.69, 9.17) is 14.2 Å². The minimum Gasteiger partial charge on any atom is -0.449 e. The number of carbonyl (C=O) groups excluding carboxylic acids is 3. The van der Waals surface area contributed by atoms with Crippen molar-refractivity contribution < 1.29 is 28.6 Å². The van der Waals surface area contributed by atoms with Crippen molar-refractivity contribution in [2.45, 2.75) is 83.6 Å². The third-order valence-electron chi connectivity index (χ3n) is 5.94. The molecule has 0 aliphatic carbocycles. The number of ether oxygens (including phenoxy) is 3. The zero-order valence-electron chi connectivity index (χ0n) is 19.9. The number of hydrogen-bond acceptors (Lipinski definition) is 6. The average Bonchev–Trinajstić information content (AvgIpc) is 3.11. The quantitative estimate of drug-likeness (QED) is 0.511. The van der Waals surface area contributed by atoms with E-state index in [1.54, 1.807) is 27.8 Å². The Kier molecular flexibility index (Phi) is 6.41. The maximum Gasteiger partial charge on any atom is 0.352 e. The number of nitrogens with one attached hydrogen (secondary N) is 1. The lowest BCUT2D eigenvalue weighted by Crippen LogP contribution is -2.61. The molecule has 2 aliphatic heterocycles. The molecule has 0 unspecified atom stereocenters. The van der Waals surface area contributed by atoms with E-state index in [1.165, 1.54) is 4.90 Å². The van der Waals surface area contributed by atoms with Gasteiger partial charge in [-0.2, -0.15) is 0 Å². The predicted molar refractivity (Wildman–Crippen MR) is 117 cm³/mol. The molecule has 0 saturated carbocycles. The third kappa shape index (κ3) is 4.38. The largest absolute Gasteiger partial charge is 0.449 e. The molecule has 0 aromatic heterocycles. The van der Waals surface area contributed by atoms with Crippen molar-refractivity contribution in [3.63, 3.8) is 0 Å². The molecule has 2 bridgehead atoms. The summed E-state index contributed by atoms with van der Waals surface area (Å²) in [5, 5.41) is 2.81. The standard InChI is InChI=1S/C24H34N2O6/c1-15(2)18(19(27)25-14-16-11-9-8-10-12-16)30-21(29)24-17(31-22(3,4)5)13-23(6,32-24)26(7)20(24)28/h8-12,15,17-18H,13-14H2,1-7H3,(H,25,27)/t17-,18+,23-,24+/m1/s1. The van der Waals surface area contributed by atoms with E-state index in [0.29, 0.717) is 13.0 Å².